The first-order valence-corrected chi connectivity index (χ1v) is 6.74. The van der Waals surface area contributed by atoms with Crippen LogP contribution in [0.4, 0.5) is 5.69 Å². The predicted molar refractivity (Wildman–Crippen MR) is 77.2 cm³/mol. The maximum Gasteiger partial charge on any atom is 0.0554 e. The zero-order chi connectivity index (χ0) is 13.4. The van der Waals surface area contributed by atoms with Crippen molar-refractivity contribution < 1.29 is 0 Å². The van der Waals surface area contributed by atoms with Crippen LogP contribution in [-0.2, 0) is 5.41 Å². The zero-order valence-electron chi connectivity index (χ0n) is 12.2. The number of hydrogen-bond donors (Lipinski definition) is 1. The lowest BCUT2D eigenvalue weighted by Crippen LogP contribution is -2.57. The third-order valence-corrected chi connectivity index (χ3v) is 3.45. The summed E-state index contributed by atoms with van der Waals surface area (Å²) in [6.07, 6.45) is 2.02. The minimum Gasteiger partial charge on any atom is -0.367 e. The van der Waals surface area contributed by atoms with Gasteiger partial charge in [-0.2, -0.15) is 0 Å². The standard InChI is InChI=1S/C15H25N3/c1-14(2,3)13-7-6-12(10-16-13)18-9-8-17-15(4,5)11-18/h6-7,10,17H,8-9,11H2,1-5H3. The minimum atomic E-state index is 0.126. The van der Waals surface area contributed by atoms with Gasteiger partial charge >= 0.3 is 0 Å². The molecular formula is C15H25N3. The number of pyridine rings is 1. The Morgan fingerprint density at radius 1 is 1.28 bits per heavy atom. The Hall–Kier alpha value is -1.09. The summed E-state index contributed by atoms with van der Waals surface area (Å²) in [7, 11) is 0. The summed E-state index contributed by atoms with van der Waals surface area (Å²) >= 11 is 0. The normalized spacial score (nSPS) is 19.9. The first-order chi connectivity index (χ1) is 8.28. The monoisotopic (exact) mass is 247 g/mol. The summed E-state index contributed by atoms with van der Waals surface area (Å²) < 4.78 is 0. The fourth-order valence-corrected chi connectivity index (χ4v) is 2.38. The van der Waals surface area contributed by atoms with Gasteiger partial charge in [-0.3, -0.25) is 4.98 Å². The molecule has 18 heavy (non-hydrogen) atoms. The summed E-state index contributed by atoms with van der Waals surface area (Å²) in [5, 5.41) is 3.53. The van der Waals surface area contributed by atoms with Crippen LogP contribution in [0.25, 0.3) is 0 Å². The van der Waals surface area contributed by atoms with Gasteiger partial charge in [0.15, 0.2) is 0 Å². The number of hydrogen-bond acceptors (Lipinski definition) is 3. The molecule has 3 nitrogen and oxygen atoms in total. The van der Waals surface area contributed by atoms with Crippen molar-refractivity contribution in [3.05, 3.63) is 24.0 Å². The number of aromatic nitrogens is 1. The highest BCUT2D eigenvalue weighted by Crippen LogP contribution is 2.24. The van der Waals surface area contributed by atoms with Crippen LogP contribution in [0.1, 0.15) is 40.3 Å². The molecule has 1 aliphatic heterocycles. The number of anilines is 1. The second kappa shape index (κ2) is 4.54. The molecule has 1 saturated heterocycles. The lowest BCUT2D eigenvalue weighted by atomic mass is 9.91. The van der Waals surface area contributed by atoms with Gasteiger partial charge in [0.1, 0.15) is 0 Å². The minimum absolute atomic E-state index is 0.126. The number of rotatable bonds is 1. The molecule has 0 saturated carbocycles. The van der Waals surface area contributed by atoms with E-state index in [-0.39, 0.29) is 11.0 Å². The molecule has 0 bridgehead atoms. The largest absolute Gasteiger partial charge is 0.367 e. The third-order valence-electron chi connectivity index (χ3n) is 3.45. The average Bonchev–Trinajstić information content (AvgIpc) is 2.27. The zero-order valence-corrected chi connectivity index (χ0v) is 12.2. The molecule has 0 atom stereocenters. The van der Waals surface area contributed by atoms with E-state index in [9.17, 15) is 0 Å². The topological polar surface area (TPSA) is 28.2 Å². The second-order valence-electron chi connectivity index (χ2n) is 6.88. The van der Waals surface area contributed by atoms with Gasteiger partial charge in [-0.25, -0.2) is 0 Å². The highest BCUT2D eigenvalue weighted by Gasteiger charge is 2.26. The first kappa shape index (κ1) is 13.3. The molecule has 1 aromatic heterocycles. The molecule has 1 aromatic rings. The van der Waals surface area contributed by atoms with Crippen LogP contribution >= 0.6 is 0 Å². The summed E-state index contributed by atoms with van der Waals surface area (Å²) in [5.74, 6) is 0. The molecule has 0 aliphatic carbocycles. The summed E-state index contributed by atoms with van der Waals surface area (Å²) in [6.45, 7) is 14.2. The van der Waals surface area contributed by atoms with E-state index in [1.807, 2.05) is 6.20 Å². The lowest BCUT2D eigenvalue weighted by Gasteiger charge is -2.40. The van der Waals surface area contributed by atoms with Gasteiger partial charge in [0.05, 0.1) is 11.9 Å². The Kier molecular flexibility index (Phi) is 3.37. The smallest absolute Gasteiger partial charge is 0.0554 e. The summed E-state index contributed by atoms with van der Waals surface area (Å²) in [4.78, 5) is 7.02. The van der Waals surface area contributed by atoms with Crippen LogP contribution in [-0.4, -0.2) is 30.2 Å². The van der Waals surface area contributed by atoms with E-state index < -0.39 is 0 Å². The van der Waals surface area contributed by atoms with Crippen molar-refractivity contribution in [2.75, 3.05) is 24.5 Å². The van der Waals surface area contributed by atoms with Gasteiger partial charge in [0, 0.05) is 36.3 Å². The van der Waals surface area contributed by atoms with E-state index in [0.29, 0.717) is 0 Å². The fourth-order valence-electron chi connectivity index (χ4n) is 2.38. The van der Waals surface area contributed by atoms with E-state index in [2.05, 4.69) is 62.0 Å². The molecule has 100 valence electrons. The van der Waals surface area contributed by atoms with Crippen LogP contribution in [0.2, 0.25) is 0 Å². The van der Waals surface area contributed by atoms with Crippen molar-refractivity contribution in [3.63, 3.8) is 0 Å². The molecule has 0 unspecified atom stereocenters. The molecule has 1 aliphatic rings. The fraction of sp³-hybridized carbons (Fsp3) is 0.667. The van der Waals surface area contributed by atoms with E-state index in [4.69, 9.17) is 0 Å². The Morgan fingerprint density at radius 3 is 2.50 bits per heavy atom. The van der Waals surface area contributed by atoms with Crippen LogP contribution in [0, 0.1) is 0 Å². The predicted octanol–water partition coefficient (Wildman–Crippen LogP) is 2.57. The molecule has 1 fully saturated rings. The van der Waals surface area contributed by atoms with Crippen molar-refractivity contribution in [1.29, 1.82) is 0 Å². The number of piperazine rings is 1. The quantitative estimate of drug-likeness (QED) is 0.826. The first-order valence-electron chi connectivity index (χ1n) is 6.74. The maximum atomic E-state index is 4.61. The number of nitrogens with one attached hydrogen (secondary N) is 1. The molecule has 2 rings (SSSR count). The molecule has 2 heterocycles. The highest BCUT2D eigenvalue weighted by atomic mass is 15.2. The Labute approximate surface area is 111 Å². The Balaban J connectivity index is 2.15. The molecular weight excluding hydrogens is 222 g/mol. The van der Waals surface area contributed by atoms with E-state index in [1.165, 1.54) is 5.69 Å². The van der Waals surface area contributed by atoms with Crippen molar-refractivity contribution in [2.24, 2.45) is 0 Å². The molecule has 0 radical (unpaired) electrons. The van der Waals surface area contributed by atoms with Crippen molar-refractivity contribution >= 4 is 5.69 Å². The van der Waals surface area contributed by atoms with E-state index in [0.717, 1.165) is 25.3 Å². The van der Waals surface area contributed by atoms with Crippen LogP contribution in [0.15, 0.2) is 18.3 Å². The summed E-state index contributed by atoms with van der Waals surface area (Å²) in [5.41, 5.74) is 2.69. The second-order valence-corrected chi connectivity index (χ2v) is 6.88. The molecule has 0 amide bonds. The highest BCUT2D eigenvalue weighted by molar-refractivity contribution is 5.46. The van der Waals surface area contributed by atoms with Crippen molar-refractivity contribution in [2.45, 2.75) is 45.6 Å². The molecule has 0 aromatic carbocycles. The molecule has 1 N–H and O–H groups in total. The average molecular weight is 247 g/mol. The summed E-state index contributed by atoms with van der Waals surface area (Å²) in [6, 6.07) is 4.36. The number of nitrogens with zero attached hydrogens (tertiary/aromatic N) is 2. The maximum absolute atomic E-state index is 4.61. The lowest BCUT2D eigenvalue weighted by molar-refractivity contribution is 0.353. The van der Waals surface area contributed by atoms with Gasteiger partial charge in [0.25, 0.3) is 0 Å². The Morgan fingerprint density at radius 2 is 2.00 bits per heavy atom. The van der Waals surface area contributed by atoms with Crippen LogP contribution in [0.3, 0.4) is 0 Å². The van der Waals surface area contributed by atoms with E-state index in [1.54, 1.807) is 0 Å². The van der Waals surface area contributed by atoms with Gasteiger partial charge in [0.2, 0.25) is 0 Å². The third kappa shape index (κ3) is 3.02. The Bertz CT molecular complexity index is 401. The molecule has 0 spiro atoms. The SMILES string of the molecule is CC1(C)CN(c2ccc(C(C)(C)C)nc2)CCN1. The van der Waals surface area contributed by atoms with Crippen LogP contribution in [0.5, 0.6) is 0 Å². The van der Waals surface area contributed by atoms with Gasteiger partial charge in [-0.1, -0.05) is 20.8 Å². The van der Waals surface area contributed by atoms with Gasteiger partial charge in [-0.05, 0) is 26.0 Å². The van der Waals surface area contributed by atoms with Crippen LogP contribution < -0.4 is 10.2 Å². The van der Waals surface area contributed by atoms with Crippen molar-refractivity contribution in [1.82, 2.24) is 10.3 Å². The van der Waals surface area contributed by atoms with Gasteiger partial charge in [-0.15, -0.1) is 0 Å². The molecule has 3 heteroatoms. The van der Waals surface area contributed by atoms with Crippen molar-refractivity contribution in [3.8, 4) is 0 Å². The van der Waals surface area contributed by atoms with Gasteiger partial charge < -0.3 is 10.2 Å². The van der Waals surface area contributed by atoms with E-state index >= 15 is 0 Å².